The summed E-state index contributed by atoms with van der Waals surface area (Å²) in [6.07, 6.45) is 2.42. The van der Waals surface area contributed by atoms with Crippen LogP contribution in [0.5, 0.6) is 0 Å². The fraction of sp³-hybridized carbons (Fsp3) is 0.208. The molecule has 0 saturated carbocycles. The van der Waals surface area contributed by atoms with Crippen molar-refractivity contribution >= 4 is 33.1 Å². The molecule has 30 heavy (non-hydrogen) atoms. The number of carbonyl (C=O) groups excluding carboxylic acids is 1. The Morgan fingerprint density at radius 3 is 2.60 bits per heavy atom. The molecule has 1 N–H and O–H groups in total. The Bertz CT molecular complexity index is 1290. The smallest absolute Gasteiger partial charge is 0.263 e. The van der Waals surface area contributed by atoms with E-state index in [4.69, 9.17) is 0 Å². The molecule has 0 aliphatic rings. The molecule has 0 aliphatic carbocycles. The van der Waals surface area contributed by atoms with Gasteiger partial charge in [-0.2, -0.15) is 0 Å². The molecular weight excluding hydrogens is 394 g/mol. The summed E-state index contributed by atoms with van der Waals surface area (Å²) in [5.74, 6) is -0.255. The predicted molar refractivity (Wildman–Crippen MR) is 123 cm³/mol. The van der Waals surface area contributed by atoms with E-state index in [-0.39, 0.29) is 18.0 Å². The van der Waals surface area contributed by atoms with Gasteiger partial charge in [0.2, 0.25) is 5.91 Å². The van der Waals surface area contributed by atoms with E-state index in [1.165, 1.54) is 27.8 Å². The summed E-state index contributed by atoms with van der Waals surface area (Å²) in [6.45, 7) is 5.98. The zero-order valence-corrected chi connectivity index (χ0v) is 18.0. The minimum atomic E-state index is -0.255. The van der Waals surface area contributed by atoms with Crippen molar-refractivity contribution in [1.82, 2.24) is 9.55 Å². The number of aryl methyl sites for hydroxylation is 3. The summed E-state index contributed by atoms with van der Waals surface area (Å²) in [7, 11) is 0. The van der Waals surface area contributed by atoms with Crippen molar-refractivity contribution in [3.05, 3.63) is 81.2 Å². The van der Waals surface area contributed by atoms with Gasteiger partial charge in [0.25, 0.3) is 5.56 Å². The zero-order valence-electron chi connectivity index (χ0n) is 17.2. The third kappa shape index (κ3) is 3.91. The minimum absolute atomic E-state index is 0.0842. The molecule has 2 heterocycles. The lowest BCUT2D eigenvalue weighted by Crippen LogP contribution is -2.28. The fourth-order valence-electron chi connectivity index (χ4n) is 3.51. The van der Waals surface area contributed by atoms with Gasteiger partial charge in [-0.25, -0.2) is 4.98 Å². The molecule has 0 atom stereocenters. The Labute approximate surface area is 179 Å². The number of anilines is 1. The number of hydrogen-bond acceptors (Lipinski definition) is 4. The molecule has 0 unspecified atom stereocenters. The van der Waals surface area contributed by atoms with Gasteiger partial charge in [-0.3, -0.25) is 14.2 Å². The van der Waals surface area contributed by atoms with E-state index in [1.807, 2.05) is 49.6 Å². The number of aromatic nitrogens is 2. The standard InChI is InChI=1S/C24H23N3O2S/c1-4-17-6-8-18(9-7-17)19-13-30-23-22(19)24(29)27(14-25-23)12-21(28)26-20-10-5-15(2)11-16(20)3/h5-11,13-14H,4,12H2,1-3H3,(H,26,28). The Morgan fingerprint density at radius 1 is 1.13 bits per heavy atom. The molecule has 0 radical (unpaired) electrons. The molecule has 4 aromatic rings. The molecule has 0 bridgehead atoms. The first kappa shape index (κ1) is 20.0. The van der Waals surface area contributed by atoms with Crippen molar-refractivity contribution in [2.75, 3.05) is 5.32 Å². The average molecular weight is 418 g/mol. The van der Waals surface area contributed by atoms with Gasteiger partial charge in [-0.05, 0) is 43.0 Å². The highest BCUT2D eigenvalue weighted by atomic mass is 32.1. The number of nitrogens with one attached hydrogen (secondary N) is 1. The molecule has 0 spiro atoms. The maximum atomic E-state index is 13.2. The molecule has 5 nitrogen and oxygen atoms in total. The third-order valence-corrected chi connectivity index (χ3v) is 6.09. The molecule has 6 heteroatoms. The lowest BCUT2D eigenvalue weighted by Gasteiger charge is -2.10. The van der Waals surface area contributed by atoms with Crippen molar-refractivity contribution in [3.8, 4) is 11.1 Å². The third-order valence-electron chi connectivity index (χ3n) is 5.20. The van der Waals surface area contributed by atoms with Crippen molar-refractivity contribution in [1.29, 1.82) is 0 Å². The van der Waals surface area contributed by atoms with Gasteiger partial charge in [0.15, 0.2) is 0 Å². The number of amides is 1. The highest BCUT2D eigenvalue weighted by Crippen LogP contribution is 2.30. The van der Waals surface area contributed by atoms with E-state index in [9.17, 15) is 9.59 Å². The first-order valence-corrected chi connectivity index (χ1v) is 10.8. The quantitative estimate of drug-likeness (QED) is 0.500. The Morgan fingerprint density at radius 2 is 1.90 bits per heavy atom. The van der Waals surface area contributed by atoms with Gasteiger partial charge in [-0.1, -0.05) is 48.9 Å². The van der Waals surface area contributed by atoms with Crippen LogP contribution in [0, 0.1) is 13.8 Å². The minimum Gasteiger partial charge on any atom is -0.324 e. The average Bonchev–Trinajstić information content (AvgIpc) is 3.17. The molecule has 152 valence electrons. The van der Waals surface area contributed by atoms with Crippen LogP contribution in [0.25, 0.3) is 21.3 Å². The maximum absolute atomic E-state index is 13.2. The maximum Gasteiger partial charge on any atom is 0.263 e. The van der Waals surface area contributed by atoms with Gasteiger partial charge in [0.1, 0.15) is 11.4 Å². The van der Waals surface area contributed by atoms with E-state index < -0.39 is 0 Å². The number of carbonyl (C=O) groups is 1. The molecular formula is C24H23N3O2S. The van der Waals surface area contributed by atoms with E-state index >= 15 is 0 Å². The summed E-state index contributed by atoms with van der Waals surface area (Å²) in [4.78, 5) is 30.8. The fourth-order valence-corrected chi connectivity index (χ4v) is 4.42. The van der Waals surface area contributed by atoms with Crippen LogP contribution in [0.15, 0.2) is 59.0 Å². The van der Waals surface area contributed by atoms with Crippen LogP contribution in [0.3, 0.4) is 0 Å². The van der Waals surface area contributed by atoms with Gasteiger partial charge < -0.3 is 5.32 Å². The summed E-state index contributed by atoms with van der Waals surface area (Å²) >= 11 is 1.44. The molecule has 0 aliphatic heterocycles. The molecule has 2 aromatic carbocycles. The SMILES string of the molecule is CCc1ccc(-c2csc3ncn(CC(=O)Nc4ccc(C)cc4C)c(=O)c23)cc1. The molecule has 1 amide bonds. The summed E-state index contributed by atoms with van der Waals surface area (Å²) in [5.41, 5.74) is 5.76. The van der Waals surface area contributed by atoms with Crippen LogP contribution in [0.4, 0.5) is 5.69 Å². The number of benzene rings is 2. The summed E-state index contributed by atoms with van der Waals surface area (Å²) in [5, 5.41) is 5.41. The van der Waals surface area contributed by atoms with Crippen LogP contribution in [-0.4, -0.2) is 15.5 Å². The lowest BCUT2D eigenvalue weighted by atomic mass is 10.0. The van der Waals surface area contributed by atoms with Crippen LogP contribution in [-0.2, 0) is 17.8 Å². The van der Waals surface area contributed by atoms with E-state index in [0.29, 0.717) is 10.2 Å². The number of hydrogen-bond donors (Lipinski definition) is 1. The van der Waals surface area contributed by atoms with Crippen molar-refractivity contribution in [2.24, 2.45) is 0 Å². The first-order valence-electron chi connectivity index (χ1n) is 9.89. The van der Waals surface area contributed by atoms with E-state index in [0.717, 1.165) is 34.4 Å². The summed E-state index contributed by atoms with van der Waals surface area (Å²) < 4.78 is 1.37. The molecule has 0 fully saturated rings. The monoisotopic (exact) mass is 417 g/mol. The second kappa shape index (κ2) is 8.24. The predicted octanol–water partition coefficient (Wildman–Crippen LogP) is 4.94. The van der Waals surface area contributed by atoms with Gasteiger partial charge in [0.05, 0.1) is 11.7 Å². The zero-order chi connectivity index (χ0) is 21.3. The van der Waals surface area contributed by atoms with Gasteiger partial charge in [-0.15, -0.1) is 11.3 Å². The first-order chi connectivity index (χ1) is 14.5. The normalized spacial score (nSPS) is 11.0. The highest BCUT2D eigenvalue weighted by Gasteiger charge is 2.15. The van der Waals surface area contributed by atoms with Crippen molar-refractivity contribution < 1.29 is 4.79 Å². The Balaban J connectivity index is 1.64. The van der Waals surface area contributed by atoms with E-state index in [1.54, 1.807) is 0 Å². The number of nitrogens with zero attached hydrogens (tertiary/aromatic N) is 2. The molecule has 2 aromatic heterocycles. The van der Waals surface area contributed by atoms with Gasteiger partial charge in [0, 0.05) is 16.6 Å². The van der Waals surface area contributed by atoms with E-state index in [2.05, 4.69) is 29.4 Å². The van der Waals surface area contributed by atoms with Crippen LogP contribution in [0.1, 0.15) is 23.6 Å². The van der Waals surface area contributed by atoms with Crippen LogP contribution >= 0.6 is 11.3 Å². The second-order valence-electron chi connectivity index (χ2n) is 7.42. The molecule has 0 saturated heterocycles. The summed E-state index contributed by atoms with van der Waals surface area (Å²) in [6, 6.07) is 14.1. The number of fused-ring (bicyclic) bond motifs is 1. The number of thiophene rings is 1. The van der Waals surface area contributed by atoms with Crippen molar-refractivity contribution in [2.45, 2.75) is 33.7 Å². The largest absolute Gasteiger partial charge is 0.324 e. The van der Waals surface area contributed by atoms with Crippen molar-refractivity contribution in [3.63, 3.8) is 0 Å². The topological polar surface area (TPSA) is 64.0 Å². The van der Waals surface area contributed by atoms with Crippen LogP contribution in [0.2, 0.25) is 0 Å². The second-order valence-corrected chi connectivity index (χ2v) is 8.28. The van der Waals surface area contributed by atoms with Crippen LogP contribution < -0.4 is 10.9 Å². The Hall–Kier alpha value is -3.25. The Kier molecular flexibility index (Phi) is 5.50. The molecule has 4 rings (SSSR count). The van der Waals surface area contributed by atoms with Gasteiger partial charge >= 0.3 is 0 Å². The lowest BCUT2D eigenvalue weighted by molar-refractivity contribution is -0.116. The number of rotatable bonds is 5. The highest BCUT2D eigenvalue weighted by molar-refractivity contribution is 7.17.